The molecule has 0 aromatic heterocycles. The van der Waals surface area contributed by atoms with E-state index >= 15 is 0 Å². The fourth-order valence-corrected chi connectivity index (χ4v) is 2.45. The van der Waals surface area contributed by atoms with Gasteiger partial charge in [-0.1, -0.05) is 18.2 Å². The summed E-state index contributed by atoms with van der Waals surface area (Å²) in [4.78, 5) is 24.1. The van der Waals surface area contributed by atoms with Crippen LogP contribution >= 0.6 is 0 Å². The lowest BCUT2D eigenvalue weighted by molar-refractivity contribution is -0.165. The van der Waals surface area contributed by atoms with Crippen LogP contribution in [0.5, 0.6) is 0 Å². The van der Waals surface area contributed by atoms with Gasteiger partial charge in [-0.25, -0.2) is 9.59 Å². The lowest BCUT2D eigenvalue weighted by atomic mass is 10.2. The van der Waals surface area contributed by atoms with Crippen molar-refractivity contribution >= 4 is 17.6 Å². The third-order valence-corrected chi connectivity index (χ3v) is 3.98. The Labute approximate surface area is 156 Å². The van der Waals surface area contributed by atoms with Crippen LogP contribution in [0.4, 0.5) is 5.69 Å². The number of carbonyl (C=O) groups is 2. The van der Waals surface area contributed by atoms with Gasteiger partial charge >= 0.3 is 11.9 Å². The van der Waals surface area contributed by atoms with Crippen molar-refractivity contribution < 1.29 is 40.2 Å². The maximum Gasteiger partial charge on any atom is 0.335 e. The number of hydrogen-bond donors (Lipinski definition) is 6. The molecule has 1 aromatic rings. The number of β-amino-alcohol motifs (C(OH)–C–C–N with tert-alkyl or cyclic N) is 1. The molecule has 6 N–H and O–H groups in total. The molecule has 152 valence electrons. The molecule has 2 rings (SSSR count). The molecule has 1 heterocycles. The highest BCUT2D eigenvalue weighted by atomic mass is 16.4. The molecule has 0 bridgehead atoms. The van der Waals surface area contributed by atoms with Crippen molar-refractivity contribution in [1.29, 1.82) is 0 Å². The number of carboxylic acids is 2. The summed E-state index contributed by atoms with van der Waals surface area (Å²) in [6.45, 7) is 4.24. The fraction of sp³-hybridized carbons (Fsp3) is 0.529. The van der Waals surface area contributed by atoms with E-state index in [9.17, 15) is 14.7 Å². The van der Waals surface area contributed by atoms with Gasteiger partial charge in [-0.05, 0) is 12.1 Å². The summed E-state index contributed by atoms with van der Waals surface area (Å²) in [7, 11) is 0. The van der Waals surface area contributed by atoms with Crippen LogP contribution in [-0.2, 0) is 9.59 Å². The first-order valence-corrected chi connectivity index (χ1v) is 8.39. The molecule has 0 aliphatic carbocycles. The van der Waals surface area contributed by atoms with E-state index in [4.69, 9.17) is 25.5 Å². The minimum atomic E-state index is -2.27. The summed E-state index contributed by atoms with van der Waals surface area (Å²) in [5, 5.41) is 50.7. The van der Waals surface area contributed by atoms with Gasteiger partial charge in [0.05, 0.1) is 12.7 Å². The van der Waals surface area contributed by atoms with Crippen molar-refractivity contribution in [1.82, 2.24) is 4.90 Å². The molecule has 0 spiro atoms. The zero-order valence-electron chi connectivity index (χ0n) is 14.8. The molecule has 3 unspecified atom stereocenters. The number of rotatable bonds is 7. The van der Waals surface area contributed by atoms with Crippen molar-refractivity contribution in [2.75, 3.05) is 44.2 Å². The van der Waals surface area contributed by atoms with Gasteiger partial charge in [0.2, 0.25) is 0 Å². The van der Waals surface area contributed by atoms with E-state index in [2.05, 4.69) is 34.1 Å². The number of carboxylic acid groups (broad SMARTS) is 2. The average molecular weight is 386 g/mol. The van der Waals surface area contributed by atoms with E-state index < -0.39 is 30.3 Å². The Morgan fingerprint density at radius 1 is 0.889 bits per heavy atom. The van der Waals surface area contributed by atoms with Crippen LogP contribution in [-0.4, -0.2) is 105 Å². The van der Waals surface area contributed by atoms with E-state index in [-0.39, 0.29) is 6.61 Å². The minimum Gasteiger partial charge on any atom is -0.479 e. The van der Waals surface area contributed by atoms with Crippen molar-refractivity contribution in [3.63, 3.8) is 0 Å². The molecule has 1 saturated heterocycles. The molecule has 1 aromatic carbocycles. The third-order valence-electron chi connectivity index (χ3n) is 3.98. The highest BCUT2D eigenvalue weighted by Crippen LogP contribution is 2.15. The maximum absolute atomic E-state index is 9.77. The lowest BCUT2D eigenvalue weighted by Gasteiger charge is -2.36. The Morgan fingerprint density at radius 3 is 1.78 bits per heavy atom. The molecule has 1 aliphatic heterocycles. The van der Waals surface area contributed by atoms with Gasteiger partial charge in [-0.15, -0.1) is 0 Å². The van der Waals surface area contributed by atoms with Gasteiger partial charge in [0.15, 0.2) is 12.2 Å². The fourth-order valence-electron chi connectivity index (χ4n) is 2.45. The number of anilines is 1. The number of hydrogen-bond acceptors (Lipinski definition) is 8. The first kappa shape index (κ1) is 22.8. The third kappa shape index (κ3) is 7.89. The quantitative estimate of drug-likeness (QED) is 0.310. The molecular formula is C17H26N2O8. The van der Waals surface area contributed by atoms with E-state index in [1.807, 2.05) is 6.07 Å². The average Bonchev–Trinajstić information content (AvgIpc) is 2.68. The molecule has 3 atom stereocenters. The van der Waals surface area contributed by atoms with Gasteiger partial charge in [-0.2, -0.15) is 0 Å². The number of aliphatic carboxylic acids is 2. The SMILES string of the molecule is O=C(O)C(O)C(O)C(=O)O.OCC(O)CN1CCN(c2ccccc2)CC1. The van der Waals surface area contributed by atoms with Gasteiger partial charge in [0, 0.05) is 38.4 Å². The number of nitrogens with zero attached hydrogens (tertiary/aromatic N) is 2. The number of benzene rings is 1. The minimum absolute atomic E-state index is 0.154. The second-order valence-corrected chi connectivity index (χ2v) is 6.03. The highest BCUT2D eigenvalue weighted by Gasteiger charge is 2.29. The molecule has 0 saturated carbocycles. The number of piperazine rings is 1. The highest BCUT2D eigenvalue weighted by molar-refractivity contribution is 5.83. The predicted octanol–water partition coefficient (Wildman–Crippen LogP) is -1.96. The Balaban J connectivity index is 0.000000314. The first-order valence-electron chi connectivity index (χ1n) is 8.39. The normalized spacial score (nSPS) is 18.0. The maximum atomic E-state index is 9.77. The number of aliphatic hydroxyl groups excluding tert-OH is 4. The molecular weight excluding hydrogens is 360 g/mol. The summed E-state index contributed by atoms with van der Waals surface area (Å²) >= 11 is 0. The van der Waals surface area contributed by atoms with Crippen LogP contribution in [0, 0.1) is 0 Å². The lowest BCUT2D eigenvalue weighted by Crippen LogP contribution is -2.49. The van der Waals surface area contributed by atoms with Gasteiger partial charge in [0.1, 0.15) is 0 Å². The van der Waals surface area contributed by atoms with Crippen LogP contribution in [0.25, 0.3) is 0 Å². The topological polar surface area (TPSA) is 162 Å². The van der Waals surface area contributed by atoms with Crippen LogP contribution in [0.2, 0.25) is 0 Å². The largest absolute Gasteiger partial charge is 0.479 e. The standard InChI is InChI=1S/C13H20N2O2.C4H6O6/c16-11-13(17)10-14-6-8-15(9-7-14)12-4-2-1-3-5-12;5-1(3(7)8)2(6)4(9)10/h1-5,13,16-17H,6-11H2;1-2,5-6H,(H,7,8)(H,9,10). The number of aliphatic hydroxyl groups is 4. The Hall–Kier alpha value is -2.24. The monoisotopic (exact) mass is 386 g/mol. The second-order valence-electron chi connectivity index (χ2n) is 6.03. The van der Waals surface area contributed by atoms with Crippen LogP contribution in [0.15, 0.2) is 30.3 Å². The van der Waals surface area contributed by atoms with Gasteiger partial charge in [-0.3, -0.25) is 4.90 Å². The Bertz CT molecular complexity index is 560. The summed E-state index contributed by atoms with van der Waals surface area (Å²) in [6, 6.07) is 10.4. The Kier molecular flexibility index (Phi) is 9.68. The first-order chi connectivity index (χ1) is 12.8. The summed E-state index contributed by atoms with van der Waals surface area (Å²) in [6.07, 6.45) is -5.15. The zero-order valence-corrected chi connectivity index (χ0v) is 14.8. The molecule has 0 radical (unpaired) electrons. The van der Waals surface area contributed by atoms with Crippen molar-refractivity contribution in [2.24, 2.45) is 0 Å². The predicted molar refractivity (Wildman–Crippen MR) is 95.5 cm³/mol. The van der Waals surface area contributed by atoms with Crippen LogP contribution < -0.4 is 4.90 Å². The number of para-hydroxylation sites is 1. The summed E-state index contributed by atoms with van der Waals surface area (Å²) in [5.74, 6) is -3.54. The van der Waals surface area contributed by atoms with Gasteiger partial charge in [0.25, 0.3) is 0 Å². The van der Waals surface area contributed by atoms with E-state index in [0.29, 0.717) is 6.54 Å². The Morgan fingerprint density at radius 2 is 1.37 bits per heavy atom. The summed E-state index contributed by atoms with van der Waals surface area (Å²) < 4.78 is 0. The van der Waals surface area contributed by atoms with Crippen molar-refractivity contribution in [3.05, 3.63) is 30.3 Å². The molecule has 10 nitrogen and oxygen atoms in total. The van der Waals surface area contributed by atoms with E-state index in [0.717, 1.165) is 26.2 Å². The van der Waals surface area contributed by atoms with Crippen LogP contribution in [0.1, 0.15) is 0 Å². The smallest absolute Gasteiger partial charge is 0.335 e. The molecule has 1 aliphatic rings. The molecule has 0 amide bonds. The van der Waals surface area contributed by atoms with E-state index in [1.54, 1.807) is 0 Å². The molecule has 1 fully saturated rings. The molecule has 27 heavy (non-hydrogen) atoms. The van der Waals surface area contributed by atoms with Crippen LogP contribution in [0.3, 0.4) is 0 Å². The molecule has 10 heteroatoms. The zero-order chi connectivity index (χ0) is 20.4. The van der Waals surface area contributed by atoms with Crippen molar-refractivity contribution in [3.8, 4) is 0 Å². The van der Waals surface area contributed by atoms with Crippen molar-refractivity contribution in [2.45, 2.75) is 18.3 Å². The second kappa shape index (κ2) is 11.5. The van der Waals surface area contributed by atoms with Gasteiger partial charge < -0.3 is 35.5 Å². The van der Waals surface area contributed by atoms with E-state index in [1.165, 1.54) is 5.69 Å². The summed E-state index contributed by atoms with van der Waals surface area (Å²) in [5.41, 5.74) is 1.26.